The molecule has 1 heterocycles. The van der Waals surface area contributed by atoms with Crippen molar-refractivity contribution >= 4 is 11.4 Å². The molecule has 0 spiro atoms. The molecular formula is C77H136N2Ni. The Hall–Kier alpha value is -1.99. The van der Waals surface area contributed by atoms with E-state index < -0.39 is 0 Å². The molecule has 2 aromatic carbocycles. The van der Waals surface area contributed by atoms with E-state index in [1.54, 1.807) is 0 Å². The zero-order chi connectivity index (χ0) is 57.3. The van der Waals surface area contributed by atoms with Crippen LogP contribution in [-0.4, -0.2) is 4.70 Å². The molecule has 0 N–H and O–H groups in total. The van der Waals surface area contributed by atoms with Crippen LogP contribution in [0.4, 0.5) is 0 Å². The predicted octanol–water partition coefficient (Wildman–Crippen LogP) is 27.9. The summed E-state index contributed by atoms with van der Waals surface area (Å²) in [5.74, 6) is 0. The maximum absolute atomic E-state index is 11.3. The quantitative estimate of drug-likeness (QED) is 0.0358. The number of rotatable bonds is 58. The maximum atomic E-state index is 11.3. The SMILES string of the molecule is CCCCCC1=C(c2cccc(CCCC)c2)[N+](=[N-])C(c2cccc(CCCC)c2)=C1.CCCCCCCCCCCCCCCCCCCCCCC[CH2][Ni][CH2]CCCCCCCCCCCCCCCCCCCCCCC. The van der Waals surface area contributed by atoms with Crippen LogP contribution in [0.15, 0.2) is 60.2 Å². The van der Waals surface area contributed by atoms with E-state index in [4.69, 9.17) is 0 Å². The zero-order valence-corrected chi connectivity index (χ0v) is 55.5. The van der Waals surface area contributed by atoms with Crippen LogP contribution in [0.1, 0.15) is 391 Å². The van der Waals surface area contributed by atoms with Crippen molar-refractivity contribution in [1.29, 1.82) is 0 Å². The Bertz CT molecular complexity index is 1670. The molecule has 0 radical (unpaired) electrons. The van der Waals surface area contributed by atoms with Crippen molar-refractivity contribution in [2.75, 3.05) is 0 Å². The Balaban J connectivity index is 0.000000600. The van der Waals surface area contributed by atoms with Crippen molar-refractivity contribution < 1.29 is 19.1 Å². The fourth-order valence-electron chi connectivity index (χ4n) is 12.0. The van der Waals surface area contributed by atoms with Gasteiger partial charge in [-0.1, -0.05) is 226 Å². The fourth-order valence-corrected chi connectivity index (χ4v) is 13.2. The van der Waals surface area contributed by atoms with Gasteiger partial charge in [0.15, 0.2) is 0 Å². The molecule has 0 atom stereocenters. The van der Waals surface area contributed by atoms with E-state index in [9.17, 15) is 5.53 Å². The first-order valence-electron chi connectivity index (χ1n) is 36.2. The fraction of sp³-hybridized carbons (Fsp3) is 0.792. The molecule has 2 aromatic rings. The van der Waals surface area contributed by atoms with Crippen LogP contribution < -0.4 is 0 Å². The number of nitrogens with zero attached hydrogens (tertiary/aromatic N) is 2. The third kappa shape index (κ3) is 41.9. The van der Waals surface area contributed by atoms with Crippen LogP contribution in [0.2, 0.25) is 10.8 Å². The van der Waals surface area contributed by atoms with Crippen LogP contribution in [0, 0.1) is 0 Å². The summed E-state index contributed by atoms with van der Waals surface area (Å²) in [4.78, 5) is 0. The first-order valence-corrected chi connectivity index (χ1v) is 37.6. The summed E-state index contributed by atoms with van der Waals surface area (Å²) >= 11 is 2.05. The summed E-state index contributed by atoms with van der Waals surface area (Å²) in [6, 6.07) is 17.4. The molecule has 464 valence electrons. The molecule has 0 amide bonds. The molecule has 80 heavy (non-hydrogen) atoms. The Labute approximate surface area is 507 Å². The van der Waals surface area contributed by atoms with Crippen LogP contribution in [0.25, 0.3) is 16.9 Å². The van der Waals surface area contributed by atoms with Crippen molar-refractivity contribution in [2.45, 2.75) is 392 Å². The van der Waals surface area contributed by atoms with Gasteiger partial charge >= 0.3 is 166 Å². The van der Waals surface area contributed by atoms with Gasteiger partial charge in [-0.2, -0.15) is 0 Å². The molecule has 0 saturated carbocycles. The average molecular weight is 1150 g/mol. The average Bonchev–Trinajstić information content (AvgIpc) is 3.92. The smallest absolute Gasteiger partial charge is 0.0654 e. The van der Waals surface area contributed by atoms with E-state index in [1.165, 1.54) is 353 Å². The van der Waals surface area contributed by atoms with Crippen molar-refractivity contribution in [3.05, 3.63) is 88.0 Å². The van der Waals surface area contributed by atoms with Crippen LogP contribution in [0.5, 0.6) is 0 Å². The van der Waals surface area contributed by atoms with Gasteiger partial charge in [-0.15, -0.1) is 0 Å². The van der Waals surface area contributed by atoms with Crippen LogP contribution in [0.3, 0.4) is 0 Å². The summed E-state index contributed by atoms with van der Waals surface area (Å²) in [5, 5.41) is 2.87. The van der Waals surface area contributed by atoms with Gasteiger partial charge in [0, 0.05) is 22.8 Å². The number of hydrogen-bond donors (Lipinski definition) is 0. The minimum absolute atomic E-state index is 0.902. The van der Waals surface area contributed by atoms with Crippen LogP contribution >= 0.6 is 0 Å². The number of allylic oxidation sites excluding steroid dienone is 2. The van der Waals surface area contributed by atoms with E-state index in [0.29, 0.717) is 0 Å². The molecule has 0 aliphatic carbocycles. The Morgan fingerprint density at radius 2 is 0.575 bits per heavy atom. The Morgan fingerprint density at radius 3 is 0.900 bits per heavy atom. The standard InChI is InChI=1S/C29H38N2.2C24H49.Ni/c1-4-7-10-17-27-22-28(25-18-11-15-23(20-25)13-8-5-2)31(30)29(27)26-19-12-16-24(21-26)14-9-6-3;2*1-3-5-7-9-11-13-15-17-19-21-23-24-22-20-18-16-14-12-10-8-6-4-2;/h11-12,15-16,18-22H,4-10,13-14,17H2,1-3H3;2*1,3-24H2,2H3;. The van der Waals surface area contributed by atoms with Crippen molar-refractivity contribution in [1.82, 2.24) is 0 Å². The minimum atomic E-state index is 0.902. The minimum Gasteiger partial charge on any atom is -0.0654 e. The Kier molecular flexibility index (Phi) is 53.2. The van der Waals surface area contributed by atoms with Gasteiger partial charge in [-0.05, 0) is 73.9 Å². The van der Waals surface area contributed by atoms with E-state index >= 15 is 0 Å². The molecule has 2 nitrogen and oxygen atoms in total. The molecule has 1 aliphatic heterocycles. The summed E-state index contributed by atoms with van der Waals surface area (Å²) in [7, 11) is 0. The predicted molar refractivity (Wildman–Crippen MR) is 357 cm³/mol. The summed E-state index contributed by atoms with van der Waals surface area (Å²) < 4.78 is 1.44. The van der Waals surface area contributed by atoms with Crippen LogP contribution in [-0.2, 0) is 27.3 Å². The molecule has 3 heteroatoms. The van der Waals surface area contributed by atoms with Gasteiger partial charge in [0.25, 0.3) is 0 Å². The van der Waals surface area contributed by atoms with E-state index in [-0.39, 0.29) is 0 Å². The van der Waals surface area contributed by atoms with Crippen molar-refractivity contribution in [2.24, 2.45) is 0 Å². The molecular weight excluding hydrogens is 1010 g/mol. The second-order valence-electron chi connectivity index (χ2n) is 25.1. The molecule has 0 saturated heterocycles. The summed E-state index contributed by atoms with van der Waals surface area (Å²) in [5.41, 5.74) is 19.3. The summed E-state index contributed by atoms with van der Waals surface area (Å²) in [6.45, 7) is 11.3. The second-order valence-corrected chi connectivity index (χ2v) is 26.6. The van der Waals surface area contributed by atoms with Gasteiger partial charge in [-0.25, -0.2) is 4.70 Å². The molecule has 3 rings (SSSR count). The first-order chi connectivity index (χ1) is 39.6. The van der Waals surface area contributed by atoms with Gasteiger partial charge < -0.3 is 5.53 Å². The van der Waals surface area contributed by atoms with Crippen molar-refractivity contribution in [3.63, 3.8) is 0 Å². The third-order valence-electron chi connectivity index (χ3n) is 17.3. The monoisotopic (exact) mass is 1150 g/mol. The van der Waals surface area contributed by atoms with E-state index in [2.05, 4.69) is 104 Å². The molecule has 1 aliphatic rings. The van der Waals surface area contributed by atoms with Gasteiger partial charge in [0.05, 0.1) is 0 Å². The first kappa shape index (κ1) is 74.1. The Morgan fingerprint density at radius 1 is 0.300 bits per heavy atom. The van der Waals surface area contributed by atoms with Gasteiger partial charge in [-0.3, -0.25) is 0 Å². The third-order valence-corrected chi connectivity index (χ3v) is 18.7. The molecule has 0 aromatic heterocycles. The molecule has 0 bridgehead atoms. The second kappa shape index (κ2) is 57.4. The number of benzene rings is 2. The molecule has 0 unspecified atom stereocenters. The van der Waals surface area contributed by atoms with E-state index in [0.717, 1.165) is 48.2 Å². The number of aryl methyl sites for hydroxylation is 2. The van der Waals surface area contributed by atoms with E-state index in [1.807, 2.05) is 0 Å². The van der Waals surface area contributed by atoms with Gasteiger partial charge in [0.2, 0.25) is 11.4 Å². The number of unbranched alkanes of at least 4 members (excludes halogenated alkanes) is 46. The topological polar surface area (TPSA) is 25.3 Å². The van der Waals surface area contributed by atoms with Crippen molar-refractivity contribution in [3.8, 4) is 0 Å². The molecule has 0 fully saturated rings. The zero-order valence-electron chi connectivity index (χ0n) is 54.5. The normalized spacial score (nSPS) is 12.5. The summed E-state index contributed by atoms with van der Waals surface area (Å²) in [6.07, 6.45) is 78.9. The van der Waals surface area contributed by atoms with Gasteiger partial charge in [0.1, 0.15) is 0 Å². The number of hydrogen-bond acceptors (Lipinski definition) is 0.